The molecular weight excluding hydrogens is 467 g/mol. The zero-order valence-corrected chi connectivity index (χ0v) is 19.5. The smallest absolute Gasteiger partial charge is 0.406 e. The molecule has 0 fully saturated rings. The largest absolute Gasteiger partial charge is 0.573 e. The summed E-state index contributed by atoms with van der Waals surface area (Å²) in [6.45, 7) is 6.00. The topological polar surface area (TPSA) is 71.3 Å². The maximum Gasteiger partial charge on any atom is 0.573 e. The van der Waals surface area contributed by atoms with Crippen molar-refractivity contribution in [1.29, 1.82) is 0 Å². The Morgan fingerprint density at radius 1 is 1.25 bits per heavy atom. The number of hydrogen-bond acceptors (Lipinski definition) is 4. The van der Waals surface area contributed by atoms with Crippen molar-refractivity contribution in [3.05, 3.63) is 52.5 Å². The first-order valence-corrected chi connectivity index (χ1v) is 11.6. The molecule has 0 bridgehead atoms. The van der Waals surface area contributed by atoms with E-state index in [9.17, 15) is 22.2 Å². The molecule has 0 aromatic heterocycles. The second-order valence-corrected chi connectivity index (χ2v) is 9.68. The number of ether oxygens (including phenoxy) is 1. The highest BCUT2D eigenvalue weighted by atomic mass is 35.5. The summed E-state index contributed by atoms with van der Waals surface area (Å²) in [5.74, 6) is -1.50. The fourth-order valence-corrected chi connectivity index (χ4v) is 4.67. The molecule has 174 valence electrons. The van der Waals surface area contributed by atoms with E-state index in [4.69, 9.17) is 11.6 Å². The monoisotopic (exact) mass is 489 g/mol. The van der Waals surface area contributed by atoms with E-state index in [0.29, 0.717) is 11.3 Å². The minimum Gasteiger partial charge on any atom is -0.406 e. The molecule has 0 spiro atoms. The van der Waals surface area contributed by atoms with Crippen LogP contribution in [-0.4, -0.2) is 47.1 Å². The van der Waals surface area contributed by atoms with E-state index in [1.54, 1.807) is 26.3 Å². The minimum atomic E-state index is -4.90. The van der Waals surface area contributed by atoms with Crippen molar-refractivity contribution in [2.45, 2.75) is 32.0 Å². The Balaban J connectivity index is 2.46. The van der Waals surface area contributed by atoms with Gasteiger partial charge in [-0.05, 0) is 49.7 Å². The number of aryl methyl sites for hydroxylation is 1. The van der Waals surface area contributed by atoms with Gasteiger partial charge in [0.15, 0.2) is 0 Å². The van der Waals surface area contributed by atoms with Gasteiger partial charge in [-0.25, -0.2) is 9.20 Å². The third kappa shape index (κ3) is 6.70. The number of carbonyl (C=O) groups excluding carboxylic acids is 1. The Morgan fingerprint density at radius 2 is 1.94 bits per heavy atom. The molecule has 0 aliphatic carbocycles. The Morgan fingerprint density at radius 3 is 2.53 bits per heavy atom. The van der Waals surface area contributed by atoms with Crippen LogP contribution in [0.4, 0.5) is 18.9 Å². The second kappa shape index (κ2) is 10.4. The maximum absolute atomic E-state index is 13.5. The molecule has 1 unspecified atom stereocenters. The Bertz CT molecular complexity index is 1140. The van der Waals surface area contributed by atoms with E-state index >= 15 is 0 Å². The van der Waals surface area contributed by atoms with E-state index in [2.05, 4.69) is 14.1 Å². The summed E-state index contributed by atoms with van der Waals surface area (Å²) in [6, 6.07) is 7.55. The lowest BCUT2D eigenvalue weighted by atomic mass is 10.2. The molecule has 2 rings (SSSR count). The highest BCUT2D eigenvalue weighted by Crippen LogP contribution is 2.32. The predicted molar refractivity (Wildman–Crippen MR) is 119 cm³/mol. The van der Waals surface area contributed by atoms with Crippen LogP contribution in [0.3, 0.4) is 0 Å². The third-order valence-corrected chi connectivity index (χ3v) is 7.09. The number of amides is 1. The van der Waals surface area contributed by atoms with E-state index in [1.807, 2.05) is 18.9 Å². The minimum absolute atomic E-state index is 0.00413. The Kier molecular flexibility index (Phi) is 8.30. The molecule has 0 saturated heterocycles. The van der Waals surface area contributed by atoms with Crippen LogP contribution >= 0.6 is 11.6 Å². The number of nitrogens with zero attached hydrogens (tertiary/aromatic N) is 3. The van der Waals surface area contributed by atoms with Gasteiger partial charge in [0.1, 0.15) is 5.75 Å². The summed E-state index contributed by atoms with van der Waals surface area (Å²) in [5, 5.41) is 0.232. The number of benzene rings is 2. The van der Waals surface area contributed by atoms with Crippen molar-refractivity contribution < 1.29 is 26.9 Å². The summed E-state index contributed by atoms with van der Waals surface area (Å²) < 4.78 is 58.6. The molecule has 0 aliphatic heterocycles. The molecular formula is C21H23ClF3N3O3S. The van der Waals surface area contributed by atoms with E-state index in [0.717, 1.165) is 18.7 Å². The predicted octanol–water partition coefficient (Wildman–Crippen LogP) is 5.85. The summed E-state index contributed by atoms with van der Waals surface area (Å²) in [7, 11) is -1.39. The van der Waals surface area contributed by atoms with Gasteiger partial charge in [0.2, 0.25) is 0 Å². The summed E-state index contributed by atoms with van der Waals surface area (Å²) in [4.78, 5) is 19.1. The van der Waals surface area contributed by atoms with Crippen molar-refractivity contribution in [2.75, 3.05) is 19.3 Å². The average Bonchev–Trinajstić information content (AvgIpc) is 2.72. The Hall–Kier alpha value is -2.59. The number of carbonyl (C=O) groups is 1. The second-order valence-electron chi connectivity index (χ2n) is 6.79. The number of hydrogen-bond donors (Lipinski definition) is 0. The average molecular weight is 490 g/mol. The van der Waals surface area contributed by atoms with Gasteiger partial charge in [-0.2, -0.15) is 4.36 Å². The van der Waals surface area contributed by atoms with Crippen LogP contribution in [0.5, 0.6) is 5.75 Å². The molecule has 0 aliphatic rings. The van der Waals surface area contributed by atoms with Gasteiger partial charge in [-0.3, -0.25) is 4.79 Å². The number of rotatable bonds is 7. The summed E-state index contributed by atoms with van der Waals surface area (Å²) in [6.07, 6.45) is -3.29. The van der Waals surface area contributed by atoms with Gasteiger partial charge in [-0.15, -0.1) is 13.2 Å². The molecule has 1 atom stereocenters. The van der Waals surface area contributed by atoms with Crippen LogP contribution < -0.4 is 4.74 Å². The molecule has 0 N–H and O–H groups in total. The lowest BCUT2D eigenvalue weighted by molar-refractivity contribution is -0.274. The SMILES string of the molecule is CCN(C)C=Nc1cc(C)c(S(=O)(CC)=NC(=O)c2cccc(OC(F)(F)F)c2)cc1Cl. The lowest BCUT2D eigenvalue weighted by Crippen LogP contribution is -2.17. The first kappa shape index (κ1) is 25.7. The van der Waals surface area contributed by atoms with Gasteiger partial charge < -0.3 is 9.64 Å². The van der Waals surface area contributed by atoms with Crippen molar-refractivity contribution in [3.8, 4) is 5.75 Å². The van der Waals surface area contributed by atoms with Crippen molar-refractivity contribution in [2.24, 2.45) is 9.36 Å². The molecule has 0 heterocycles. The third-order valence-electron chi connectivity index (χ3n) is 4.42. The summed E-state index contributed by atoms with van der Waals surface area (Å²) >= 11 is 6.32. The fourth-order valence-electron chi connectivity index (χ4n) is 2.62. The molecule has 32 heavy (non-hydrogen) atoms. The highest BCUT2D eigenvalue weighted by molar-refractivity contribution is 7.94. The van der Waals surface area contributed by atoms with Gasteiger partial charge in [0.05, 0.1) is 31.7 Å². The first-order valence-electron chi connectivity index (χ1n) is 9.58. The van der Waals surface area contributed by atoms with E-state index in [-0.39, 0.29) is 21.2 Å². The summed E-state index contributed by atoms with van der Waals surface area (Å²) in [5.41, 5.74) is 0.855. The van der Waals surface area contributed by atoms with Crippen LogP contribution in [-0.2, 0) is 9.73 Å². The quantitative estimate of drug-likeness (QED) is 0.361. The van der Waals surface area contributed by atoms with Crippen LogP contribution in [0.15, 0.2) is 50.6 Å². The maximum atomic E-state index is 13.5. The molecule has 0 saturated carbocycles. The van der Waals surface area contributed by atoms with E-state index < -0.39 is 27.7 Å². The zero-order chi connectivity index (χ0) is 24.1. The van der Waals surface area contributed by atoms with Crippen molar-refractivity contribution in [1.82, 2.24) is 4.90 Å². The van der Waals surface area contributed by atoms with Crippen LogP contribution in [0.2, 0.25) is 5.02 Å². The first-order chi connectivity index (χ1) is 14.9. The normalized spacial score (nSPS) is 13.6. The van der Waals surface area contributed by atoms with E-state index in [1.165, 1.54) is 18.2 Å². The molecule has 2 aromatic rings. The van der Waals surface area contributed by atoms with Gasteiger partial charge in [-0.1, -0.05) is 24.6 Å². The lowest BCUT2D eigenvalue weighted by Gasteiger charge is -2.14. The van der Waals surface area contributed by atoms with Gasteiger partial charge >= 0.3 is 6.36 Å². The number of alkyl halides is 3. The van der Waals surface area contributed by atoms with Gasteiger partial charge in [0.25, 0.3) is 5.91 Å². The van der Waals surface area contributed by atoms with Crippen LogP contribution in [0, 0.1) is 6.92 Å². The number of aliphatic imine (C=N–C) groups is 1. The highest BCUT2D eigenvalue weighted by Gasteiger charge is 2.31. The van der Waals surface area contributed by atoms with Gasteiger partial charge in [0, 0.05) is 24.9 Å². The van der Waals surface area contributed by atoms with Crippen molar-refractivity contribution >= 4 is 39.3 Å². The Labute approximate surface area is 190 Å². The molecule has 11 heteroatoms. The van der Waals surface area contributed by atoms with Crippen LogP contribution in [0.1, 0.15) is 29.8 Å². The molecule has 1 amide bonds. The fraction of sp³-hybridized carbons (Fsp3) is 0.333. The molecule has 6 nitrogen and oxygen atoms in total. The molecule has 0 radical (unpaired) electrons. The molecule has 2 aromatic carbocycles. The standard InChI is InChI=1S/C21H23ClF3N3O3S/c1-5-28(4)13-26-18-10-14(3)19(12-17(18)22)32(30,6-2)27-20(29)15-8-7-9-16(11-15)31-21(23,24)25/h7-13H,5-6H2,1-4H3. The van der Waals surface area contributed by atoms with Crippen LogP contribution in [0.25, 0.3) is 0 Å². The zero-order valence-electron chi connectivity index (χ0n) is 17.9. The number of halogens is 4. The van der Waals surface area contributed by atoms with Crippen molar-refractivity contribution in [3.63, 3.8) is 0 Å².